The number of hydrogen-bond donors (Lipinski definition) is 0. The molecule has 7 heteroatoms. The number of nitrogens with zero attached hydrogens (tertiary/aromatic N) is 1. The van der Waals surface area contributed by atoms with Crippen molar-refractivity contribution in [3.63, 3.8) is 0 Å². The Morgan fingerprint density at radius 1 is 1.17 bits per heavy atom. The molecule has 0 aromatic heterocycles. The summed E-state index contributed by atoms with van der Waals surface area (Å²) >= 11 is 3.38. The van der Waals surface area contributed by atoms with Crippen molar-refractivity contribution in [2.75, 3.05) is 18.1 Å². The third kappa shape index (κ3) is 1.75. The van der Waals surface area contributed by atoms with Gasteiger partial charge in [-0.15, -0.1) is 0 Å². The van der Waals surface area contributed by atoms with Gasteiger partial charge >= 0.3 is 0 Å². The standard InChI is InChI=1S/C17H14BrNO5/c18-9-2-1-3-10(8-9)19-14(20)12-11-4-5-17(24-11,13(12)15(19)21)16-22-6-7-23-16/h1-5,8,11-13,16H,6-7H2/t11-,12+,13-,17-/m1/s1. The molecular weight excluding hydrogens is 378 g/mol. The molecular formula is C17H14BrNO5. The van der Waals surface area contributed by atoms with Gasteiger partial charge in [-0.2, -0.15) is 0 Å². The van der Waals surface area contributed by atoms with Crippen LogP contribution in [0.5, 0.6) is 0 Å². The average Bonchev–Trinajstić information content (AvgIpc) is 3.31. The van der Waals surface area contributed by atoms with E-state index < -0.39 is 29.8 Å². The molecule has 2 bridgehead atoms. The third-order valence-corrected chi connectivity index (χ3v) is 5.63. The van der Waals surface area contributed by atoms with E-state index in [0.29, 0.717) is 18.9 Å². The van der Waals surface area contributed by atoms with E-state index in [9.17, 15) is 9.59 Å². The van der Waals surface area contributed by atoms with Gasteiger partial charge in [0.15, 0.2) is 11.9 Å². The first-order valence-corrected chi connectivity index (χ1v) is 8.65. The molecule has 4 heterocycles. The molecule has 3 saturated heterocycles. The highest BCUT2D eigenvalue weighted by atomic mass is 79.9. The van der Waals surface area contributed by atoms with Crippen LogP contribution in [0, 0.1) is 11.8 Å². The lowest BCUT2D eigenvalue weighted by Gasteiger charge is -2.32. The smallest absolute Gasteiger partial charge is 0.241 e. The summed E-state index contributed by atoms with van der Waals surface area (Å²) in [6.07, 6.45) is 2.64. The first kappa shape index (κ1) is 14.8. The van der Waals surface area contributed by atoms with Crippen molar-refractivity contribution in [2.45, 2.75) is 18.0 Å². The van der Waals surface area contributed by atoms with Gasteiger partial charge in [0.05, 0.1) is 36.8 Å². The second-order valence-electron chi connectivity index (χ2n) is 6.36. The van der Waals surface area contributed by atoms with Gasteiger partial charge in [-0.3, -0.25) is 9.59 Å². The van der Waals surface area contributed by atoms with Gasteiger partial charge in [0.25, 0.3) is 0 Å². The Kier molecular flexibility index (Phi) is 3.07. The highest BCUT2D eigenvalue weighted by Crippen LogP contribution is 2.55. The lowest BCUT2D eigenvalue weighted by Crippen LogP contribution is -2.49. The predicted molar refractivity (Wildman–Crippen MR) is 86.1 cm³/mol. The fourth-order valence-corrected chi connectivity index (χ4v) is 4.58. The van der Waals surface area contributed by atoms with Gasteiger partial charge in [0.1, 0.15) is 0 Å². The molecule has 1 aromatic carbocycles. The van der Waals surface area contributed by atoms with Crippen molar-refractivity contribution in [3.8, 4) is 0 Å². The van der Waals surface area contributed by atoms with Crippen LogP contribution < -0.4 is 4.90 Å². The fourth-order valence-electron chi connectivity index (χ4n) is 4.20. The van der Waals surface area contributed by atoms with Crippen LogP contribution in [0.3, 0.4) is 0 Å². The lowest BCUT2D eigenvalue weighted by molar-refractivity contribution is -0.180. The Labute approximate surface area is 146 Å². The summed E-state index contributed by atoms with van der Waals surface area (Å²) in [5.74, 6) is -1.61. The number of rotatable bonds is 2. The molecule has 2 amide bonds. The summed E-state index contributed by atoms with van der Waals surface area (Å²) in [6.45, 7) is 0.923. The van der Waals surface area contributed by atoms with E-state index in [-0.39, 0.29) is 11.8 Å². The highest BCUT2D eigenvalue weighted by molar-refractivity contribution is 9.10. The van der Waals surface area contributed by atoms with Crippen molar-refractivity contribution < 1.29 is 23.8 Å². The molecule has 5 rings (SSSR count). The molecule has 24 heavy (non-hydrogen) atoms. The maximum Gasteiger partial charge on any atom is 0.241 e. The summed E-state index contributed by atoms with van der Waals surface area (Å²) in [7, 11) is 0. The SMILES string of the molecule is O=C1[C@H]2[C@H]3C=C[C@@](C4OCCO4)(O3)[C@H]2C(=O)N1c1cccc(Br)c1. The molecule has 0 saturated carbocycles. The Morgan fingerprint density at radius 2 is 1.96 bits per heavy atom. The van der Waals surface area contributed by atoms with Crippen LogP contribution in [0.25, 0.3) is 0 Å². The van der Waals surface area contributed by atoms with Crippen LogP contribution in [0.1, 0.15) is 0 Å². The zero-order chi connectivity index (χ0) is 16.5. The van der Waals surface area contributed by atoms with Gasteiger partial charge in [-0.1, -0.05) is 28.1 Å². The number of amides is 2. The zero-order valence-corrected chi connectivity index (χ0v) is 14.1. The van der Waals surface area contributed by atoms with Crippen molar-refractivity contribution in [2.24, 2.45) is 11.8 Å². The normalized spacial score (nSPS) is 37.7. The lowest BCUT2D eigenvalue weighted by atomic mass is 9.76. The van der Waals surface area contributed by atoms with Crippen LogP contribution in [-0.2, 0) is 23.8 Å². The number of carbonyl (C=O) groups excluding carboxylic acids is 2. The first-order chi connectivity index (χ1) is 11.6. The summed E-state index contributed by atoms with van der Waals surface area (Å²) in [5, 5.41) is 0. The molecule has 1 aromatic rings. The molecule has 0 unspecified atom stereocenters. The fraction of sp³-hybridized carbons (Fsp3) is 0.412. The number of ether oxygens (including phenoxy) is 3. The number of anilines is 1. The third-order valence-electron chi connectivity index (χ3n) is 5.13. The van der Waals surface area contributed by atoms with Crippen LogP contribution in [0.4, 0.5) is 5.69 Å². The highest BCUT2D eigenvalue weighted by Gasteiger charge is 2.71. The number of imide groups is 1. The monoisotopic (exact) mass is 391 g/mol. The van der Waals surface area contributed by atoms with Crippen molar-refractivity contribution >= 4 is 33.4 Å². The molecule has 0 spiro atoms. The van der Waals surface area contributed by atoms with Crippen LogP contribution in [0.2, 0.25) is 0 Å². The topological polar surface area (TPSA) is 65.1 Å². The Bertz CT molecular complexity index is 774. The molecule has 6 nitrogen and oxygen atoms in total. The maximum absolute atomic E-state index is 13.1. The second kappa shape index (κ2) is 4.98. The van der Waals surface area contributed by atoms with Crippen molar-refractivity contribution in [3.05, 3.63) is 40.9 Å². The van der Waals surface area contributed by atoms with E-state index >= 15 is 0 Å². The van der Waals surface area contributed by atoms with E-state index in [4.69, 9.17) is 14.2 Å². The minimum absolute atomic E-state index is 0.225. The molecule has 0 aliphatic carbocycles. The van der Waals surface area contributed by atoms with Gasteiger partial charge in [-0.25, -0.2) is 4.90 Å². The van der Waals surface area contributed by atoms with Crippen LogP contribution >= 0.6 is 15.9 Å². The van der Waals surface area contributed by atoms with Gasteiger partial charge in [0.2, 0.25) is 11.8 Å². The number of hydrogen-bond acceptors (Lipinski definition) is 5. The van der Waals surface area contributed by atoms with Crippen LogP contribution in [0.15, 0.2) is 40.9 Å². The number of fused-ring (bicyclic) bond motifs is 5. The van der Waals surface area contributed by atoms with E-state index in [2.05, 4.69) is 15.9 Å². The van der Waals surface area contributed by atoms with E-state index in [1.165, 1.54) is 4.90 Å². The number of carbonyl (C=O) groups is 2. The van der Waals surface area contributed by atoms with Crippen molar-refractivity contribution in [1.82, 2.24) is 0 Å². The van der Waals surface area contributed by atoms with E-state index in [1.807, 2.05) is 18.2 Å². The Balaban J connectivity index is 1.57. The molecule has 4 atom stereocenters. The molecule has 0 radical (unpaired) electrons. The second-order valence-corrected chi connectivity index (χ2v) is 7.28. The number of halogens is 1. The summed E-state index contributed by atoms with van der Waals surface area (Å²) < 4.78 is 18.1. The molecule has 4 aliphatic heterocycles. The minimum Gasteiger partial charge on any atom is -0.357 e. The molecule has 124 valence electrons. The molecule has 3 fully saturated rings. The largest absolute Gasteiger partial charge is 0.357 e. The summed E-state index contributed by atoms with van der Waals surface area (Å²) in [6, 6.07) is 7.18. The van der Waals surface area contributed by atoms with Gasteiger partial charge < -0.3 is 14.2 Å². The zero-order valence-electron chi connectivity index (χ0n) is 12.6. The van der Waals surface area contributed by atoms with E-state index in [0.717, 1.165) is 4.47 Å². The first-order valence-electron chi connectivity index (χ1n) is 7.85. The average molecular weight is 392 g/mol. The molecule has 4 aliphatic rings. The minimum atomic E-state index is -1.00. The van der Waals surface area contributed by atoms with Crippen LogP contribution in [-0.4, -0.2) is 43.0 Å². The quantitative estimate of drug-likeness (QED) is 0.566. The number of benzene rings is 1. The molecule has 0 N–H and O–H groups in total. The van der Waals surface area contributed by atoms with Gasteiger partial charge in [0, 0.05) is 4.47 Å². The predicted octanol–water partition coefficient (Wildman–Crippen LogP) is 1.63. The summed E-state index contributed by atoms with van der Waals surface area (Å²) in [5.41, 5.74) is -0.434. The van der Waals surface area contributed by atoms with Gasteiger partial charge in [-0.05, 0) is 24.3 Å². The Hall–Kier alpha value is -1.54. The summed E-state index contributed by atoms with van der Waals surface area (Å²) in [4.78, 5) is 27.3. The van der Waals surface area contributed by atoms with Crippen molar-refractivity contribution in [1.29, 1.82) is 0 Å². The van der Waals surface area contributed by atoms with E-state index in [1.54, 1.807) is 18.2 Å². The maximum atomic E-state index is 13.1. The Morgan fingerprint density at radius 3 is 2.71 bits per heavy atom.